The third kappa shape index (κ3) is 1.10. The summed E-state index contributed by atoms with van der Waals surface area (Å²) in [5.74, 6) is 1.60. The van der Waals surface area contributed by atoms with E-state index in [1.807, 2.05) is 48.5 Å². The fourth-order valence-corrected chi connectivity index (χ4v) is 1.67. The van der Waals surface area contributed by atoms with Crippen molar-refractivity contribution >= 4 is 0 Å². The van der Waals surface area contributed by atoms with E-state index in [0.717, 1.165) is 22.6 Å². The van der Waals surface area contributed by atoms with Crippen molar-refractivity contribution < 1.29 is 6.11 Å². The van der Waals surface area contributed by atoms with Crippen LogP contribution < -0.4 is 4.74 Å². The summed E-state index contributed by atoms with van der Waals surface area (Å²) in [4.78, 5) is 0. The van der Waals surface area contributed by atoms with Crippen LogP contribution in [0, 0.1) is 0 Å². The number of fused-ring (bicyclic) bond motifs is 2. The summed E-state index contributed by atoms with van der Waals surface area (Å²) in [7, 11) is 0. The molecule has 0 saturated heterocycles. The molecule has 0 saturated carbocycles. The van der Waals surface area contributed by atoms with Crippen molar-refractivity contribution in [1.29, 1.82) is 0 Å². The average Bonchev–Trinajstić information content (AvgIpc) is 2.30. The number of para-hydroxylation sites is 2. The Morgan fingerprint density at radius 3 is 1.93 bits per heavy atom. The minimum absolute atomic E-state index is 0.328. The van der Waals surface area contributed by atoms with Crippen LogP contribution in [0.4, 0.5) is 0 Å². The van der Waals surface area contributed by atoms with Crippen molar-refractivity contribution in [3.8, 4) is 11.5 Å². The standard InChI is InChI=1S/C13H10O/c1-3-7-12-10(5-1)9-11-6-2-4-8-13(11)14-12/h1-8H,9H2/i9D. The van der Waals surface area contributed by atoms with Gasteiger partial charge in [-0.2, -0.15) is 0 Å². The highest BCUT2D eigenvalue weighted by Crippen LogP contribution is 2.35. The van der Waals surface area contributed by atoms with Gasteiger partial charge < -0.3 is 4.74 Å². The molecule has 1 aliphatic heterocycles. The second-order valence-corrected chi connectivity index (χ2v) is 3.32. The average molecular weight is 183 g/mol. The minimum Gasteiger partial charge on any atom is -0.457 e. The zero-order valence-electron chi connectivity index (χ0n) is 8.60. The quantitative estimate of drug-likeness (QED) is 0.608. The van der Waals surface area contributed by atoms with Crippen molar-refractivity contribution in [2.24, 2.45) is 0 Å². The molecule has 0 aliphatic carbocycles. The third-order valence-electron chi connectivity index (χ3n) is 2.37. The second-order valence-electron chi connectivity index (χ2n) is 3.32. The molecule has 1 nitrogen and oxygen atoms in total. The monoisotopic (exact) mass is 183 g/mol. The van der Waals surface area contributed by atoms with Gasteiger partial charge in [-0.05, 0) is 23.3 Å². The number of benzene rings is 2. The SMILES string of the molecule is [2H]C1c2ccccc2Oc2ccccc21. The molecular weight excluding hydrogens is 172 g/mol. The number of hydrogen-bond donors (Lipinski definition) is 0. The van der Waals surface area contributed by atoms with Crippen LogP contribution in [0.15, 0.2) is 48.5 Å². The summed E-state index contributed by atoms with van der Waals surface area (Å²) in [6.07, 6.45) is -0.328. The number of rotatable bonds is 0. The van der Waals surface area contributed by atoms with Gasteiger partial charge in [0.25, 0.3) is 0 Å². The van der Waals surface area contributed by atoms with Crippen LogP contribution in [0.2, 0.25) is 0 Å². The topological polar surface area (TPSA) is 9.23 Å². The van der Waals surface area contributed by atoms with Gasteiger partial charge in [0.05, 0.1) is 0 Å². The van der Waals surface area contributed by atoms with Crippen LogP contribution in [0.5, 0.6) is 11.5 Å². The predicted octanol–water partition coefficient (Wildman–Crippen LogP) is 3.38. The molecule has 0 bridgehead atoms. The lowest BCUT2D eigenvalue weighted by Gasteiger charge is -2.19. The molecule has 2 aromatic rings. The Morgan fingerprint density at radius 2 is 1.36 bits per heavy atom. The van der Waals surface area contributed by atoms with E-state index in [4.69, 9.17) is 6.11 Å². The molecule has 0 aromatic heterocycles. The van der Waals surface area contributed by atoms with E-state index in [9.17, 15) is 0 Å². The van der Waals surface area contributed by atoms with E-state index in [0.29, 0.717) is 0 Å². The third-order valence-corrected chi connectivity index (χ3v) is 2.37. The number of ether oxygens (including phenoxy) is 1. The van der Waals surface area contributed by atoms with E-state index in [1.54, 1.807) is 0 Å². The van der Waals surface area contributed by atoms with Gasteiger partial charge in [-0.15, -0.1) is 0 Å². The first-order valence-corrected chi connectivity index (χ1v) is 4.64. The van der Waals surface area contributed by atoms with E-state index in [-0.39, 0.29) is 6.40 Å². The van der Waals surface area contributed by atoms with E-state index in [2.05, 4.69) is 0 Å². The highest BCUT2D eigenvalue weighted by atomic mass is 16.5. The number of hydrogen-bond acceptors (Lipinski definition) is 1. The van der Waals surface area contributed by atoms with Crippen molar-refractivity contribution in [1.82, 2.24) is 0 Å². The lowest BCUT2D eigenvalue weighted by Crippen LogP contribution is -2.01. The van der Waals surface area contributed by atoms with Gasteiger partial charge in [0.1, 0.15) is 11.5 Å². The van der Waals surface area contributed by atoms with Gasteiger partial charge in [0, 0.05) is 7.77 Å². The molecule has 0 fully saturated rings. The zero-order valence-corrected chi connectivity index (χ0v) is 7.60. The molecule has 0 spiro atoms. The molecular formula is C13H10O. The van der Waals surface area contributed by atoms with Crippen LogP contribution in [0.25, 0.3) is 0 Å². The summed E-state index contributed by atoms with van der Waals surface area (Å²) in [5.41, 5.74) is 1.88. The zero-order chi connectivity index (χ0) is 10.3. The molecule has 1 heteroatoms. The first-order valence-electron chi connectivity index (χ1n) is 5.22. The molecule has 0 atom stereocenters. The summed E-state index contributed by atoms with van der Waals surface area (Å²) < 4.78 is 13.9. The molecule has 14 heavy (non-hydrogen) atoms. The van der Waals surface area contributed by atoms with Gasteiger partial charge in [-0.3, -0.25) is 0 Å². The minimum atomic E-state index is -0.328. The maximum Gasteiger partial charge on any atom is 0.130 e. The fourth-order valence-electron chi connectivity index (χ4n) is 1.67. The Labute approximate surface area is 84.4 Å². The Bertz CT molecular complexity index is 462. The molecule has 0 N–H and O–H groups in total. The lowest BCUT2D eigenvalue weighted by atomic mass is 10.0. The normalized spacial score (nSPS) is 15.0. The smallest absolute Gasteiger partial charge is 0.130 e. The van der Waals surface area contributed by atoms with Crippen LogP contribution in [0.3, 0.4) is 0 Å². The molecule has 0 radical (unpaired) electrons. The van der Waals surface area contributed by atoms with Crippen LogP contribution in [0.1, 0.15) is 12.5 Å². The Hall–Kier alpha value is -1.76. The highest BCUT2D eigenvalue weighted by molar-refractivity contribution is 5.49. The van der Waals surface area contributed by atoms with E-state index in [1.165, 1.54) is 0 Å². The fraction of sp³-hybridized carbons (Fsp3) is 0.0769. The van der Waals surface area contributed by atoms with E-state index < -0.39 is 0 Å². The summed E-state index contributed by atoms with van der Waals surface area (Å²) in [6.45, 7) is 0. The summed E-state index contributed by atoms with van der Waals surface area (Å²) in [5, 5.41) is 0. The van der Waals surface area contributed by atoms with Crippen molar-refractivity contribution in [2.45, 2.75) is 6.40 Å². The lowest BCUT2D eigenvalue weighted by molar-refractivity contribution is 0.460. The molecule has 0 amide bonds. The Kier molecular flexibility index (Phi) is 1.37. The van der Waals surface area contributed by atoms with Gasteiger partial charge in [-0.1, -0.05) is 36.4 Å². The Balaban J connectivity index is 2.20. The molecule has 2 aromatic carbocycles. The van der Waals surface area contributed by atoms with Crippen LogP contribution in [-0.2, 0) is 6.40 Å². The van der Waals surface area contributed by atoms with Gasteiger partial charge >= 0.3 is 0 Å². The molecule has 1 aliphatic rings. The van der Waals surface area contributed by atoms with Crippen molar-refractivity contribution in [2.75, 3.05) is 0 Å². The van der Waals surface area contributed by atoms with Gasteiger partial charge in [0.2, 0.25) is 0 Å². The van der Waals surface area contributed by atoms with Crippen molar-refractivity contribution in [3.63, 3.8) is 0 Å². The maximum absolute atomic E-state index is 8.16. The Morgan fingerprint density at radius 1 is 0.857 bits per heavy atom. The highest BCUT2D eigenvalue weighted by Gasteiger charge is 2.14. The largest absolute Gasteiger partial charge is 0.457 e. The van der Waals surface area contributed by atoms with Gasteiger partial charge in [0.15, 0.2) is 0 Å². The summed E-state index contributed by atoms with van der Waals surface area (Å²) >= 11 is 0. The summed E-state index contributed by atoms with van der Waals surface area (Å²) in [6, 6.07) is 15.5. The molecule has 3 rings (SSSR count). The van der Waals surface area contributed by atoms with Crippen molar-refractivity contribution in [3.05, 3.63) is 59.7 Å². The molecule has 1 heterocycles. The van der Waals surface area contributed by atoms with E-state index >= 15 is 0 Å². The van der Waals surface area contributed by atoms with Gasteiger partial charge in [-0.25, -0.2) is 0 Å². The molecule has 0 unspecified atom stereocenters. The predicted molar refractivity (Wildman–Crippen MR) is 55.8 cm³/mol. The maximum atomic E-state index is 8.16. The second kappa shape index (κ2) is 2.88. The first kappa shape index (κ1) is 6.66. The molecule has 68 valence electrons. The first-order chi connectivity index (χ1) is 7.36. The van der Waals surface area contributed by atoms with Crippen LogP contribution >= 0.6 is 0 Å². The van der Waals surface area contributed by atoms with Crippen LogP contribution in [-0.4, -0.2) is 0 Å².